The standard InChI is InChI=1S/C16H24N2O/c17-13-16(6-3-7-16)8-9-18-10-11-19-15-5-2-1-4-14(15)12-18/h1-2,4-5H,3,6-13,17H2. The fourth-order valence-corrected chi connectivity index (χ4v) is 3.20. The van der Waals surface area contributed by atoms with Gasteiger partial charge in [0.05, 0.1) is 0 Å². The molecule has 0 spiro atoms. The van der Waals surface area contributed by atoms with Gasteiger partial charge in [-0.3, -0.25) is 4.90 Å². The molecular formula is C16H24N2O. The molecule has 3 nitrogen and oxygen atoms in total. The predicted octanol–water partition coefficient (Wildman–Crippen LogP) is 2.40. The number of rotatable bonds is 4. The van der Waals surface area contributed by atoms with Gasteiger partial charge in [-0.05, 0) is 43.8 Å². The van der Waals surface area contributed by atoms with E-state index in [1.165, 1.54) is 31.2 Å². The van der Waals surface area contributed by atoms with Gasteiger partial charge in [0.1, 0.15) is 12.4 Å². The summed E-state index contributed by atoms with van der Waals surface area (Å²) in [5.41, 5.74) is 7.71. The SMILES string of the molecule is NCC1(CCN2CCOc3ccccc3C2)CCC1. The van der Waals surface area contributed by atoms with Crippen LogP contribution in [-0.2, 0) is 6.54 Å². The Bertz CT molecular complexity index is 423. The minimum atomic E-state index is 0.451. The summed E-state index contributed by atoms with van der Waals surface area (Å²) in [7, 11) is 0. The molecule has 104 valence electrons. The van der Waals surface area contributed by atoms with E-state index in [0.717, 1.165) is 38.5 Å². The minimum Gasteiger partial charge on any atom is -0.492 e. The van der Waals surface area contributed by atoms with Crippen molar-refractivity contribution in [1.82, 2.24) is 4.90 Å². The van der Waals surface area contributed by atoms with E-state index in [0.29, 0.717) is 5.41 Å². The van der Waals surface area contributed by atoms with Crippen LogP contribution in [0, 0.1) is 5.41 Å². The quantitative estimate of drug-likeness (QED) is 0.903. The van der Waals surface area contributed by atoms with Crippen LogP contribution < -0.4 is 10.5 Å². The maximum Gasteiger partial charge on any atom is 0.123 e. The molecule has 1 aromatic carbocycles. The molecule has 1 saturated carbocycles. The van der Waals surface area contributed by atoms with Crippen molar-refractivity contribution in [3.8, 4) is 5.75 Å². The zero-order valence-electron chi connectivity index (χ0n) is 11.6. The third kappa shape index (κ3) is 2.77. The maximum absolute atomic E-state index is 5.95. The van der Waals surface area contributed by atoms with Crippen LogP contribution in [0.3, 0.4) is 0 Å². The Labute approximate surface area is 115 Å². The molecule has 19 heavy (non-hydrogen) atoms. The summed E-state index contributed by atoms with van der Waals surface area (Å²) in [4.78, 5) is 2.52. The highest BCUT2D eigenvalue weighted by atomic mass is 16.5. The van der Waals surface area contributed by atoms with Crippen LogP contribution in [0.2, 0.25) is 0 Å². The fraction of sp³-hybridized carbons (Fsp3) is 0.625. The fourth-order valence-electron chi connectivity index (χ4n) is 3.20. The van der Waals surface area contributed by atoms with E-state index in [1.54, 1.807) is 0 Å². The van der Waals surface area contributed by atoms with Crippen LogP contribution >= 0.6 is 0 Å². The molecule has 3 heteroatoms. The first-order chi connectivity index (χ1) is 9.31. The molecule has 3 rings (SSSR count). The van der Waals surface area contributed by atoms with Crippen molar-refractivity contribution in [3.05, 3.63) is 29.8 Å². The lowest BCUT2D eigenvalue weighted by atomic mass is 9.66. The second-order valence-corrected chi connectivity index (χ2v) is 6.04. The highest BCUT2D eigenvalue weighted by Crippen LogP contribution is 2.43. The van der Waals surface area contributed by atoms with Gasteiger partial charge in [-0.2, -0.15) is 0 Å². The van der Waals surface area contributed by atoms with E-state index in [4.69, 9.17) is 10.5 Å². The van der Waals surface area contributed by atoms with E-state index < -0.39 is 0 Å². The Balaban J connectivity index is 1.60. The van der Waals surface area contributed by atoms with Crippen LogP contribution in [0.15, 0.2) is 24.3 Å². The first-order valence-electron chi connectivity index (χ1n) is 7.44. The molecule has 0 aromatic heterocycles. The van der Waals surface area contributed by atoms with Crippen LogP contribution in [-0.4, -0.2) is 31.1 Å². The summed E-state index contributed by atoms with van der Waals surface area (Å²) >= 11 is 0. The van der Waals surface area contributed by atoms with E-state index in [9.17, 15) is 0 Å². The van der Waals surface area contributed by atoms with Crippen molar-refractivity contribution < 1.29 is 4.74 Å². The van der Waals surface area contributed by atoms with Crippen molar-refractivity contribution >= 4 is 0 Å². The Hall–Kier alpha value is -1.06. The van der Waals surface area contributed by atoms with Crippen LogP contribution in [0.25, 0.3) is 0 Å². The third-order valence-electron chi connectivity index (χ3n) is 4.84. The maximum atomic E-state index is 5.95. The minimum absolute atomic E-state index is 0.451. The number of nitrogens with two attached hydrogens (primary N) is 1. The lowest BCUT2D eigenvalue weighted by Crippen LogP contribution is -2.40. The van der Waals surface area contributed by atoms with E-state index in [2.05, 4.69) is 23.1 Å². The van der Waals surface area contributed by atoms with Gasteiger partial charge in [-0.25, -0.2) is 0 Å². The highest BCUT2D eigenvalue weighted by Gasteiger charge is 2.35. The largest absolute Gasteiger partial charge is 0.492 e. The lowest BCUT2D eigenvalue weighted by Gasteiger charge is -2.42. The van der Waals surface area contributed by atoms with Gasteiger partial charge in [-0.1, -0.05) is 24.6 Å². The number of hydrogen-bond acceptors (Lipinski definition) is 3. The number of hydrogen-bond donors (Lipinski definition) is 1. The molecule has 1 aliphatic heterocycles. The van der Waals surface area contributed by atoms with E-state index in [1.807, 2.05) is 6.07 Å². The van der Waals surface area contributed by atoms with Crippen molar-refractivity contribution in [2.24, 2.45) is 11.1 Å². The van der Waals surface area contributed by atoms with E-state index >= 15 is 0 Å². The van der Waals surface area contributed by atoms with Crippen molar-refractivity contribution in [3.63, 3.8) is 0 Å². The molecule has 0 saturated heterocycles. The molecule has 0 amide bonds. The topological polar surface area (TPSA) is 38.5 Å². The van der Waals surface area contributed by atoms with Crippen LogP contribution in [0.4, 0.5) is 0 Å². The van der Waals surface area contributed by atoms with Gasteiger partial charge >= 0.3 is 0 Å². The summed E-state index contributed by atoms with van der Waals surface area (Å²) in [5.74, 6) is 1.06. The normalized spacial score (nSPS) is 21.9. The molecule has 1 fully saturated rings. The Morgan fingerprint density at radius 3 is 2.84 bits per heavy atom. The van der Waals surface area contributed by atoms with Gasteiger partial charge in [-0.15, -0.1) is 0 Å². The monoisotopic (exact) mass is 260 g/mol. The Kier molecular flexibility index (Phi) is 3.76. The first kappa shape index (κ1) is 12.9. The number of para-hydroxylation sites is 1. The molecule has 0 bridgehead atoms. The number of benzene rings is 1. The summed E-state index contributed by atoms with van der Waals surface area (Å²) < 4.78 is 5.81. The summed E-state index contributed by atoms with van der Waals surface area (Å²) in [6.45, 7) is 4.83. The average molecular weight is 260 g/mol. The third-order valence-corrected chi connectivity index (χ3v) is 4.84. The Morgan fingerprint density at radius 1 is 1.26 bits per heavy atom. The molecule has 2 aliphatic rings. The summed E-state index contributed by atoms with van der Waals surface area (Å²) in [6, 6.07) is 8.40. The Morgan fingerprint density at radius 2 is 2.11 bits per heavy atom. The van der Waals surface area contributed by atoms with Crippen molar-refractivity contribution in [2.45, 2.75) is 32.2 Å². The lowest BCUT2D eigenvalue weighted by molar-refractivity contribution is 0.102. The molecule has 1 aromatic rings. The summed E-state index contributed by atoms with van der Waals surface area (Å²) in [5, 5.41) is 0. The second-order valence-electron chi connectivity index (χ2n) is 6.04. The van der Waals surface area contributed by atoms with Gasteiger partial charge in [0.2, 0.25) is 0 Å². The van der Waals surface area contributed by atoms with Crippen molar-refractivity contribution in [2.75, 3.05) is 26.2 Å². The molecule has 0 unspecified atom stereocenters. The van der Waals surface area contributed by atoms with Gasteiger partial charge in [0.25, 0.3) is 0 Å². The molecule has 1 aliphatic carbocycles. The van der Waals surface area contributed by atoms with Gasteiger partial charge in [0.15, 0.2) is 0 Å². The molecule has 0 radical (unpaired) electrons. The molecule has 0 atom stereocenters. The molecular weight excluding hydrogens is 236 g/mol. The molecule has 1 heterocycles. The smallest absolute Gasteiger partial charge is 0.123 e. The average Bonchev–Trinajstić information content (AvgIpc) is 2.60. The zero-order chi connectivity index (χ0) is 13.1. The predicted molar refractivity (Wildman–Crippen MR) is 77.2 cm³/mol. The van der Waals surface area contributed by atoms with E-state index in [-0.39, 0.29) is 0 Å². The number of fused-ring (bicyclic) bond motifs is 1. The summed E-state index contributed by atoms with van der Waals surface area (Å²) in [6.07, 6.45) is 5.25. The number of nitrogens with zero attached hydrogens (tertiary/aromatic N) is 1. The second kappa shape index (κ2) is 5.51. The number of ether oxygens (including phenoxy) is 1. The van der Waals surface area contributed by atoms with Crippen LogP contribution in [0.5, 0.6) is 5.75 Å². The van der Waals surface area contributed by atoms with Crippen molar-refractivity contribution in [1.29, 1.82) is 0 Å². The molecule has 2 N–H and O–H groups in total. The first-order valence-corrected chi connectivity index (χ1v) is 7.44. The highest BCUT2D eigenvalue weighted by molar-refractivity contribution is 5.33. The van der Waals surface area contributed by atoms with Gasteiger partial charge < -0.3 is 10.5 Å². The van der Waals surface area contributed by atoms with Gasteiger partial charge in [0, 0.05) is 18.7 Å². The van der Waals surface area contributed by atoms with Crippen LogP contribution in [0.1, 0.15) is 31.2 Å². The zero-order valence-corrected chi connectivity index (χ0v) is 11.6.